The summed E-state index contributed by atoms with van der Waals surface area (Å²) in [5, 5.41) is 13.7. The van der Waals surface area contributed by atoms with E-state index < -0.39 is 28.1 Å². The monoisotopic (exact) mass is 463 g/mol. The summed E-state index contributed by atoms with van der Waals surface area (Å²) in [5.74, 6) is 0.383. The van der Waals surface area contributed by atoms with E-state index in [0.717, 1.165) is 0 Å². The Hall–Kier alpha value is -2.66. The van der Waals surface area contributed by atoms with Gasteiger partial charge in [-0.05, 0) is 23.6 Å². The first-order chi connectivity index (χ1) is 15.2. The molecule has 0 spiro atoms. The molecule has 174 valence electrons. The lowest BCUT2D eigenvalue weighted by Crippen LogP contribution is -2.46. The summed E-state index contributed by atoms with van der Waals surface area (Å²) in [6.45, 7) is 3.52. The summed E-state index contributed by atoms with van der Waals surface area (Å²) in [5.41, 5.74) is 6.08. The van der Waals surface area contributed by atoms with E-state index >= 15 is 0 Å². The molecule has 10 heteroatoms. The Labute approximate surface area is 188 Å². The first-order valence-electron chi connectivity index (χ1n) is 10.3. The Bertz CT molecular complexity index is 1030. The van der Waals surface area contributed by atoms with Crippen LogP contribution >= 0.6 is 0 Å². The minimum Gasteiger partial charge on any atom is -0.454 e. The number of fused-ring (bicyclic) bond motifs is 1. The maximum Gasteiger partial charge on any atom is 0.243 e. The Morgan fingerprint density at radius 1 is 1.12 bits per heavy atom. The highest BCUT2D eigenvalue weighted by Crippen LogP contribution is 2.35. The second-order valence-electron chi connectivity index (χ2n) is 7.96. The Morgan fingerprint density at radius 2 is 1.81 bits per heavy atom. The smallest absolute Gasteiger partial charge is 0.243 e. The fourth-order valence-corrected chi connectivity index (χ4v) is 5.11. The summed E-state index contributed by atoms with van der Waals surface area (Å²) in [6, 6.07) is 12.5. The molecule has 0 bridgehead atoms. The number of amides is 1. The van der Waals surface area contributed by atoms with Crippen molar-refractivity contribution in [3.8, 4) is 11.5 Å². The van der Waals surface area contributed by atoms with E-state index in [0.29, 0.717) is 17.1 Å². The maximum absolute atomic E-state index is 13.5. The highest BCUT2D eigenvalue weighted by Gasteiger charge is 2.32. The number of hydrogen-bond donors (Lipinski definition) is 3. The number of hydrogen-bond acceptors (Lipinski definition) is 7. The number of nitrogens with one attached hydrogen (secondary N) is 1. The molecule has 1 amide bonds. The highest BCUT2D eigenvalue weighted by atomic mass is 32.2. The number of aliphatic hydroxyl groups excluding tert-OH is 1. The normalized spacial score (nSPS) is 15.1. The zero-order valence-corrected chi connectivity index (χ0v) is 18.9. The van der Waals surface area contributed by atoms with Gasteiger partial charge in [-0.2, -0.15) is 4.31 Å². The molecule has 2 aromatic rings. The highest BCUT2D eigenvalue weighted by molar-refractivity contribution is 7.89. The van der Waals surface area contributed by atoms with E-state index in [1.54, 1.807) is 30.3 Å². The molecule has 32 heavy (non-hydrogen) atoms. The van der Waals surface area contributed by atoms with Gasteiger partial charge in [0.05, 0.1) is 23.6 Å². The average Bonchev–Trinajstić information content (AvgIpc) is 3.25. The van der Waals surface area contributed by atoms with Crippen LogP contribution in [0.2, 0.25) is 0 Å². The average molecular weight is 464 g/mol. The van der Waals surface area contributed by atoms with Crippen molar-refractivity contribution >= 4 is 15.9 Å². The van der Waals surface area contributed by atoms with Gasteiger partial charge >= 0.3 is 0 Å². The second-order valence-corrected chi connectivity index (χ2v) is 9.90. The van der Waals surface area contributed by atoms with Crippen LogP contribution in [-0.2, 0) is 14.8 Å². The maximum atomic E-state index is 13.5. The van der Waals surface area contributed by atoms with Gasteiger partial charge in [-0.15, -0.1) is 0 Å². The number of ether oxygens (including phenoxy) is 2. The first kappa shape index (κ1) is 24.0. The van der Waals surface area contributed by atoms with Crippen LogP contribution < -0.4 is 20.5 Å². The molecule has 9 nitrogen and oxygen atoms in total. The van der Waals surface area contributed by atoms with Crippen molar-refractivity contribution in [1.82, 2.24) is 9.62 Å². The quantitative estimate of drug-likeness (QED) is 0.483. The van der Waals surface area contributed by atoms with E-state index in [-0.39, 0.29) is 37.2 Å². The largest absolute Gasteiger partial charge is 0.454 e. The van der Waals surface area contributed by atoms with Crippen molar-refractivity contribution in [3.05, 3.63) is 54.1 Å². The summed E-state index contributed by atoms with van der Waals surface area (Å²) in [7, 11) is -3.96. The van der Waals surface area contributed by atoms with Gasteiger partial charge in [-0.3, -0.25) is 4.79 Å². The van der Waals surface area contributed by atoms with Gasteiger partial charge in [-0.1, -0.05) is 44.2 Å². The molecule has 0 aliphatic carbocycles. The number of nitrogens with zero attached hydrogens (tertiary/aromatic N) is 1. The molecule has 1 aliphatic heterocycles. The summed E-state index contributed by atoms with van der Waals surface area (Å²) in [6.07, 6.45) is -1.21. The molecular formula is C22H29N3O6S. The van der Waals surface area contributed by atoms with Crippen LogP contribution in [0.15, 0.2) is 53.4 Å². The van der Waals surface area contributed by atoms with Crippen molar-refractivity contribution in [1.29, 1.82) is 0 Å². The zero-order chi connectivity index (χ0) is 23.3. The number of carbonyl (C=O) groups is 1. The van der Waals surface area contributed by atoms with Crippen molar-refractivity contribution in [2.45, 2.75) is 30.9 Å². The molecule has 2 aromatic carbocycles. The van der Waals surface area contributed by atoms with Crippen LogP contribution in [0.4, 0.5) is 0 Å². The number of rotatable bonds is 10. The first-order valence-corrected chi connectivity index (χ1v) is 11.8. The van der Waals surface area contributed by atoms with Gasteiger partial charge in [0.2, 0.25) is 22.7 Å². The standard InChI is InChI=1S/C22H29N3O6S/c1-15(2)12-25(32(28,29)17-8-9-19-20(10-17)31-14-30-19)13-18(26)22(24-21(27)11-23)16-6-4-3-5-7-16/h3-10,15,18,22,26H,11-14,23H2,1-2H3,(H,24,27)/t18-,22+/m1/s1. The third-order valence-electron chi connectivity index (χ3n) is 4.99. The predicted molar refractivity (Wildman–Crippen MR) is 119 cm³/mol. The third kappa shape index (κ3) is 5.57. The molecule has 0 unspecified atom stereocenters. The van der Waals surface area contributed by atoms with E-state index in [9.17, 15) is 18.3 Å². The lowest BCUT2D eigenvalue weighted by atomic mass is 10.0. The fourth-order valence-electron chi connectivity index (χ4n) is 3.47. The minimum absolute atomic E-state index is 0.000191. The molecule has 0 saturated carbocycles. The second kappa shape index (κ2) is 10.3. The van der Waals surface area contributed by atoms with Gasteiger partial charge in [0.25, 0.3) is 0 Å². The van der Waals surface area contributed by atoms with Crippen LogP contribution in [0.3, 0.4) is 0 Å². The predicted octanol–water partition coefficient (Wildman–Crippen LogP) is 1.24. The fraction of sp³-hybridized carbons (Fsp3) is 0.409. The van der Waals surface area contributed by atoms with E-state index in [1.807, 2.05) is 19.9 Å². The van der Waals surface area contributed by atoms with Crippen LogP contribution in [0, 0.1) is 5.92 Å². The zero-order valence-electron chi connectivity index (χ0n) is 18.1. The number of sulfonamides is 1. The van der Waals surface area contributed by atoms with E-state index in [4.69, 9.17) is 15.2 Å². The minimum atomic E-state index is -3.96. The van der Waals surface area contributed by atoms with Crippen LogP contribution in [-0.4, -0.2) is 56.3 Å². The third-order valence-corrected chi connectivity index (χ3v) is 6.81. The Morgan fingerprint density at radius 3 is 2.47 bits per heavy atom. The van der Waals surface area contributed by atoms with E-state index in [1.165, 1.54) is 16.4 Å². The number of aliphatic hydroxyl groups is 1. The Kier molecular flexibility index (Phi) is 7.73. The van der Waals surface area contributed by atoms with Crippen molar-refractivity contribution in [2.75, 3.05) is 26.4 Å². The molecule has 0 fully saturated rings. The molecule has 0 saturated heterocycles. The molecule has 0 aromatic heterocycles. The molecular weight excluding hydrogens is 434 g/mol. The molecule has 0 radical (unpaired) electrons. The SMILES string of the molecule is CC(C)CN(C[C@@H](O)[C@@H](NC(=O)CN)c1ccccc1)S(=O)(=O)c1ccc2c(c1)OCO2. The van der Waals surface area contributed by atoms with Gasteiger partial charge in [0, 0.05) is 19.2 Å². The lowest BCUT2D eigenvalue weighted by molar-refractivity contribution is -0.121. The summed E-state index contributed by atoms with van der Waals surface area (Å²) in [4.78, 5) is 12.0. The molecule has 1 aliphatic rings. The van der Waals surface area contributed by atoms with Gasteiger partial charge < -0.3 is 25.6 Å². The number of benzene rings is 2. The molecule has 3 rings (SSSR count). The van der Waals surface area contributed by atoms with Gasteiger partial charge in [-0.25, -0.2) is 8.42 Å². The number of nitrogens with two attached hydrogens (primary N) is 1. The summed E-state index contributed by atoms with van der Waals surface area (Å²) >= 11 is 0. The van der Waals surface area contributed by atoms with Crippen LogP contribution in [0.5, 0.6) is 11.5 Å². The van der Waals surface area contributed by atoms with Crippen LogP contribution in [0.25, 0.3) is 0 Å². The Balaban J connectivity index is 1.89. The van der Waals surface area contributed by atoms with Crippen molar-refractivity contribution < 1.29 is 27.8 Å². The van der Waals surface area contributed by atoms with Gasteiger partial charge in [0.1, 0.15) is 0 Å². The lowest BCUT2D eigenvalue weighted by Gasteiger charge is -2.30. The van der Waals surface area contributed by atoms with Crippen LogP contribution in [0.1, 0.15) is 25.5 Å². The molecule has 1 heterocycles. The number of carbonyl (C=O) groups excluding carboxylic acids is 1. The summed E-state index contributed by atoms with van der Waals surface area (Å²) < 4.78 is 38.7. The van der Waals surface area contributed by atoms with Gasteiger partial charge in [0.15, 0.2) is 11.5 Å². The van der Waals surface area contributed by atoms with Crippen molar-refractivity contribution in [2.24, 2.45) is 11.7 Å². The van der Waals surface area contributed by atoms with Crippen molar-refractivity contribution in [3.63, 3.8) is 0 Å². The topological polar surface area (TPSA) is 131 Å². The molecule has 2 atom stereocenters. The van der Waals surface area contributed by atoms with E-state index in [2.05, 4.69) is 5.32 Å². The molecule has 4 N–H and O–H groups in total.